The first kappa shape index (κ1) is 22.0. The topological polar surface area (TPSA) is 44.8 Å². The Morgan fingerprint density at radius 1 is 1.21 bits per heavy atom. The van der Waals surface area contributed by atoms with Crippen LogP contribution in [0.25, 0.3) is 0 Å². The quantitative estimate of drug-likeness (QED) is 0.603. The molecule has 0 saturated heterocycles. The van der Waals surface area contributed by atoms with Gasteiger partial charge in [-0.3, -0.25) is 0 Å². The van der Waals surface area contributed by atoms with Crippen molar-refractivity contribution in [3.8, 4) is 5.75 Å². The molecular formula is C19H24F3N3O2S. The summed E-state index contributed by atoms with van der Waals surface area (Å²) in [4.78, 5) is 17.6. The fourth-order valence-electron chi connectivity index (χ4n) is 2.62. The number of halogens is 3. The van der Waals surface area contributed by atoms with Crippen LogP contribution in [0.2, 0.25) is 0 Å². The number of anilines is 1. The average molecular weight is 415 g/mol. The van der Waals surface area contributed by atoms with E-state index in [1.165, 1.54) is 6.07 Å². The highest BCUT2D eigenvalue weighted by Gasteiger charge is 2.17. The standard InChI is InChI=1S/C19H24F3N3O2S/c1-3-24(4-2)9-10-25(13-15-6-5-11-28-15)19(26)23-14-7-8-17(16(20)12-14)27-18(21)22/h5-8,11-12,18H,3-4,9-10,13H2,1-2H3,(H,23,26). The number of ether oxygens (including phenoxy) is 1. The smallest absolute Gasteiger partial charge is 0.387 e. The molecule has 9 heteroatoms. The van der Waals surface area contributed by atoms with E-state index in [1.54, 1.807) is 16.2 Å². The van der Waals surface area contributed by atoms with Crippen molar-refractivity contribution in [2.45, 2.75) is 27.0 Å². The number of alkyl halides is 2. The summed E-state index contributed by atoms with van der Waals surface area (Å²) in [6.45, 7) is 4.39. The zero-order valence-corrected chi connectivity index (χ0v) is 16.6. The maximum atomic E-state index is 13.9. The van der Waals surface area contributed by atoms with Gasteiger partial charge in [-0.15, -0.1) is 11.3 Å². The summed E-state index contributed by atoms with van der Waals surface area (Å²) in [7, 11) is 0. The normalized spacial score (nSPS) is 11.1. The number of nitrogens with one attached hydrogen (secondary N) is 1. The Morgan fingerprint density at radius 2 is 1.96 bits per heavy atom. The molecule has 0 spiro atoms. The Labute approximate surface area is 166 Å². The molecule has 1 N–H and O–H groups in total. The summed E-state index contributed by atoms with van der Waals surface area (Å²) < 4.78 is 42.4. The van der Waals surface area contributed by atoms with E-state index in [-0.39, 0.29) is 11.7 Å². The van der Waals surface area contributed by atoms with Crippen LogP contribution in [0.15, 0.2) is 35.7 Å². The molecule has 1 aromatic heterocycles. The highest BCUT2D eigenvalue weighted by molar-refractivity contribution is 7.09. The minimum atomic E-state index is -3.11. The third-order valence-electron chi connectivity index (χ3n) is 4.19. The van der Waals surface area contributed by atoms with Crippen LogP contribution in [-0.4, -0.2) is 48.6 Å². The lowest BCUT2D eigenvalue weighted by Crippen LogP contribution is -2.40. The molecule has 0 bridgehead atoms. The van der Waals surface area contributed by atoms with Gasteiger partial charge in [0.15, 0.2) is 11.6 Å². The summed E-state index contributed by atoms with van der Waals surface area (Å²) in [5.41, 5.74) is 0.170. The largest absolute Gasteiger partial charge is 0.432 e. The van der Waals surface area contributed by atoms with Gasteiger partial charge in [0, 0.05) is 29.7 Å². The summed E-state index contributed by atoms with van der Waals surface area (Å²) >= 11 is 1.55. The maximum absolute atomic E-state index is 13.9. The third-order valence-corrected chi connectivity index (χ3v) is 5.05. The Balaban J connectivity index is 2.07. The van der Waals surface area contributed by atoms with Crippen LogP contribution in [0.5, 0.6) is 5.75 Å². The number of amides is 2. The molecule has 0 fully saturated rings. The first-order valence-corrected chi connectivity index (χ1v) is 9.85. The van der Waals surface area contributed by atoms with Crippen molar-refractivity contribution < 1.29 is 22.7 Å². The van der Waals surface area contributed by atoms with Crippen molar-refractivity contribution in [1.29, 1.82) is 0 Å². The molecule has 5 nitrogen and oxygen atoms in total. The zero-order chi connectivity index (χ0) is 20.5. The van der Waals surface area contributed by atoms with Crippen molar-refractivity contribution in [3.63, 3.8) is 0 Å². The van der Waals surface area contributed by atoms with Gasteiger partial charge in [0.1, 0.15) is 0 Å². The Kier molecular flexibility index (Phi) is 8.59. The van der Waals surface area contributed by atoms with E-state index in [4.69, 9.17) is 0 Å². The van der Waals surface area contributed by atoms with Gasteiger partial charge in [-0.1, -0.05) is 19.9 Å². The van der Waals surface area contributed by atoms with Gasteiger partial charge >= 0.3 is 12.6 Å². The number of carbonyl (C=O) groups is 1. The number of nitrogens with zero attached hydrogens (tertiary/aromatic N) is 2. The molecule has 0 atom stereocenters. The lowest BCUT2D eigenvalue weighted by atomic mass is 10.3. The molecule has 0 unspecified atom stereocenters. The second-order valence-electron chi connectivity index (χ2n) is 5.98. The van der Waals surface area contributed by atoms with Crippen molar-refractivity contribution >= 4 is 23.1 Å². The maximum Gasteiger partial charge on any atom is 0.387 e. The van der Waals surface area contributed by atoms with Crippen molar-refractivity contribution in [2.24, 2.45) is 0 Å². The Bertz CT molecular complexity index is 740. The average Bonchev–Trinajstić information content (AvgIpc) is 3.16. The van der Waals surface area contributed by atoms with Gasteiger partial charge < -0.3 is 19.9 Å². The monoisotopic (exact) mass is 415 g/mol. The van der Waals surface area contributed by atoms with Crippen molar-refractivity contribution in [1.82, 2.24) is 9.80 Å². The minimum absolute atomic E-state index is 0.170. The van der Waals surface area contributed by atoms with E-state index in [0.29, 0.717) is 19.6 Å². The zero-order valence-electron chi connectivity index (χ0n) is 15.8. The van der Waals surface area contributed by atoms with Crippen molar-refractivity contribution in [3.05, 3.63) is 46.4 Å². The van der Waals surface area contributed by atoms with Gasteiger partial charge in [-0.05, 0) is 36.7 Å². The van der Waals surface area contributed by atoms with Crippen LogP contribution in [-0.2, 0) is 6.54 Å². The molecule has 2 rings (SSSR count). The lowest BCUT2D eigenvalue weighted by molar-refractivity contribution is -0.0521. The number of hydrogen-bond acceptors (Lipinski definition) is 4. The van der Waals surface area contributed by atoms with E-state index in [1.807, 2.05) is 17.5 Å². The van der Waals surface area contributed by atoms with Crippen LogP contribution >= 0.6 is 11.3 Å². The molecule has 2 aromatic rings. The Morgan fingerprint density at radius 3 is 2.54 bits per heavy atom. The molecule has 1 heterocycles. The summed E-state index contributed by atoms with van der Waals surface area (Å²) in [6, 6.07) is 6.82. The number of likely N-dealkylation sites (N-methyl/N-ethyl adjacent to an activating group) is 1. The van der Waals surface area contributed by atoms with Gasteiger partial charge in [-0.2, -0.15) is 8.78 Å². The molecular weight excluding hydrogens is 391 g/mol. The number of hydrogen-bond donors (Lipinski definition) is 1. The summed E-state index contributed by atoms with van der Waals surface area (Å²) in [5, 5.41) is 4.56. The molecule has 154 valence electrons. The van der Waals surface area contributed by atoms with Crippen LogP contribution in [0.4, 0.5) is 23.7 Å². The van der Waals surface area contributed by atoms with E-state index in [9.17, 15) is 18.0 Å². The predicted octanol–water partition coefficient (Wildman–Crippen LogP) is 4.86. The molecule has 0 saturated carbocycles. The van der Waals surface area contributed by atoms with E-state index < -0.39 is 18.2 Å². The summed E-state index contributed by atoms with van der Waals surface area (Å²) in [5.74, 6) is -1.53. The first-order valence-electron chi connectivity index (χ1n) is 8.98. The molecule has 2 amide bonds. The van der Waals surface area contributed by atoms with Crippen LogP contribution in [0.1, 0.15) is 18.7 Å². The number of benzene rings is 1. The fraction of sp³-hybridized carbons (Fsp3) is 0.421. The number of carbonyl (C=O) groups excluding carboxylic acids is 1. The second kappa shape index (κ2) is 10.9. The van der Waals surface area contributed by atoms with Crippen LogP contribution < -0.4 is 10.1 Å². The SMILES string of the molecule is CCN(CC)CCN(Cc1cccs1)C(=O)Nc1ccc(OC(F)F)c(F)c1. The molecule has 1 aromatic carbocycles. The van der Waals surface area contributed by atoms with Crippen molar-refractivity contribution in [2.75, 3.05) is 31.5 Å². The van der Waals surface area contributed by atoms with Crippen LogP contribution in [0.3, 0.4) is 0 Å². The van der Waals surface area contributed by atoms with Crippen LogP contribution in [0, 0.1) is 5.82 Å². The van der Waals surface area contributed by atoms with E-state index >= 15 is 0 Å². The first-order chi connectivity index (χ1) is 13.4. The second-order valence-corrected chi connectivity index (χ2v) is 7.01. The van der Waals surface area contributed by atoms with Gasteiger partial charge in [-0.25, -0.2) is 9.18 Å². The minimum Gasteiger partial charge on any atom is -0.432 e. The number of urea groups is 1. The van der Waals surface area contributed by atoms with Gasteiger partial charge in [0.05, 0.1) is 6.54 Å². The van der Waals surface area contributed by atoms with Gasteiger partial charge in [0.2, 0.25) is 0 Å². The molecule has 28 heavy (non-hydrogen) atoms. The van der Waals surface area contributed by atoms with Gasteiger partial charge in [0.25, 0.3) is 0 Å². The fourth-order valence-corrected chi connectivity index (χ4v) is 3.34. The van der Waals surface area contributed by atoms with E-state index in [2.05, 4.69) is 28.8 Å². The Hall–Kier alpha value is -2.26. The van der Waals surface area contributed by atoms with E-state index in [0.717, 1.165) is 30.1 Å². The highest BCUT2D eigenvalue weighted by Crippen LogP contribution is 2.23. The predicted molar refractivity (Wildman–Crippen MR) is 105 cm³/mol. The number of rotatable bonds is 10. The molecule has 0 radical (unpaired) electrons. The number of thiophene rings is 1. The highest BCUT2D eigenvalue weighted by atomic mass is 32.1. The lowest BCUT2D eigenvalue weighted by Gasteiger charge is -2.26. The third kappa shape index (κ3) is 6.72. The summed E-state index contributed by atoms with van der Waals surface area (Å²) in [6.07, 6.45) is 0. The molecule has 0 aliphatic carbocycles. The molecule has 0 aliphatic heterocycles. The molecule has 0 aliphatic rings.